The van der Waals surface area contributed by atoms with Crippen LogP contribution >= 0.6 is 0 Å². The summed E-state index contributed by atoms with van der Waals surface area (Å²) >= 11 is 0. The van der Waals surface area contributed by atoms with Gasteiger partial charge in [0.1, 0.15) is 6.04 Å². The van der Waals surface area contributed by atoms with Gasteiger partial charge in [-0.1, -0.05) is 12.8 Å². The molecule has 2 heterocycles. The van der Waals surface area contributed by atoms with Gasteiger partial charge in [0.25, 0.3) is 5.91 Å². The van der Waals surface area contributed by atoms with E-state index in [2.05, 4.69) is 15.6 Å². The number of hydrogen-bond acceptors (Lipinski definition) is 6. The van der Waals surface area contributed by atoms with Gasteiger partial charge in [-0.15, -0.1) is 0 Å². The molecule has 1 spiro atoms. The van der Waals surface area contributed by atoms with Crippen molar-refractivity contribution in [3.63, 3.8) is 0 Å². The van der Waals surface area contributed by atoms with Crippen molar-refractivity contribution in [2.24, 2.45) is 0 Å². The van der Waals surface area contributed by atoms with Crippen LogP contribution < -0.4 is 15.4 Å². The summed E-state index contributed by atoms with van der Waals surface area (Å²) in [5, 5.41) is 5.67. The van der Waals surface area contributed by atoms with Crippen molar-refractivity contribution in [3.05, 3.63) is 23.9 Å². The average Bonchev–Trinajstić information content (AvgIpc) is 3.08. The number of carbonyl (C=O) groups is 2. The van der Waals surface area contributed by atoms with Crippen LogP contribution in [0.3, 0.4) is 0 Å². The second-order valence-electron chi connectivity index (χ2n) is 7.29. The van der Waals surface area contributed by atoms with Crippen LogP contribution in [0, 0.1) is 0 Å². The molecule has 2 aliphatic rings. The number of ether oxygens (including phenoxy) is 1. The Bertz CT molecular complexity index is 834. The van der Waals surface area contributed by atoms with Gasteiger partial charge in [-0.05, 0) is 25.8 Å². The predicted molar refractivity (Wildman–Crippen MR) is 102 cm³/mol. The van der Waals surface area contributed by atoms with Crippen LogP contribution in [-0.4, -0.2) is 67.1 Å². The Labute approximate surface area is 164 Å². The van der Waals surface area contributed by atoms with Crippen molar-refractivity contribution >= 4 is 21.8 Å². The Morgan fingerprint density at radius 3 is 2.68 bits per heavy atom. The minimum atomic E-state index is -3.51. The molecule has 10 heteroatoms. The molecule has 3 rings (SSSR count). The number of nitrogens with zero attached hydrogens (tertiary/aromatic N) is 2. The van der Waals surface area contributed by atoms with Crippen molar-refractivity contribution in [2.75, 3.05) is 26.0 Å². The zero-order valence-electron chi connectivity index (χ0n) is 16.1. The van der Waals surface area contributed by atoms with Crippen molar-refractivity contribution in [1.29, 1.82) is 0 Å². The maximum Gasteiger partial charge on any atom is 0.253 e. The van der Waals surface area contributed by atoms with Gasteiger partial charge in [-0.3, -0.25) is 9.59 Å². The molecule has 0 bridgehead atoms. The second kappa shape index (κ2) is 8.04. The highest BCUT2D eigenvalue weighted by atomic mass is 32.2. The molecule has 9 nitrogen and oxygen atoms in total. The number of aromatic nitrogens is 1. The third-order valence-electron chi connectivity index (χ3n) is 5.40. The quantitative estimate of drug-likeness (QED) is 0.720. The maximum atomic E-state index is 12.8. The van der Waals surface area contributed by atoms with Crippen LogP contribution in [0.1, 0.15) is 43.0 Å². The number of nitrogens with one attached hydrogen (secondary N) is 2. The van der Waals surface area contributed by atoms with E-state index < -0.39 is 27.5 Å². The fourth-order valence-electron chi connectivity index (χ4n) is 3.79. The van der Waals surface area contributed by atoms with E-state index in [0.717, 1.165) is 25.7 Å². The highest BCUT2D eigenvalue weighted by molar-refractivity contribution is 7.89. The third-order valence-corrected chi connectivity index (χ3v) is 7.20. The van der Waals surface area contributed by atoms with E-state index in [1.807, 2.05) is 0 Å². The molecule has 1 aromatic heterocycles. The Morgan fingerprint density at radius 2 is 2.11 bits per heavy atom. The van der Waals surface area contributed by atoms with Gasteiger partial charge >= 0.3 is 0 Å². The number of carbonyl (C=O) groups excluding carboxylic acids is 2. The third kappa shape index (κ3) is 4.27. The molecule has 0 aromatic carbocycles. The molecule has 1 saturated heterocycles. The topological polar surface area (TPSA) is 118 Å². The number of pyridine rings is 1. The first-order chi connectivity index (χ1) is 13.3. The summed E-state index contributed by atoms with van der Waals surface area (Å²) in [5.74, 6) is -0.537. The van der Waals surface area contributed by atoms with Crippen molar-refractivity contribution in [2.45, 2.75) is 44.2 Å². The van der Waals surface area contributed by atoms with Crippen LogP contribution in [0.5, 0.6) is 5.88 Å². The summed E-state index contributed by atoms with van der Waals surface area (Å²) in [6.07, 6.45) is 4.69. The summed E-state index contributed by atoms with van der Waals surface area (Å²) in [6, 6.07) is 2.11. The Morgan fingerprint density at radius 1 is 1.39 bits per heavy atom. The van der Waals surface area contributed by atoms with E-state index in [1.165, 1.54) is 23.7 Å². The average molecular weight is 410 g/mol. The largest absolute Gasteiger partial charge is 0.481 e. The summed E-state index contributed by atoms with van der Waals surface area (Å²) < 4.78 is 31.5. The lowest BCUT2D eigenvalue weighted by Gasteiger charge is -2.32. The van der Waals surface area contributed by atoms with Crippen molar-refractivity contribution in [1.82, 2.24) is 19.9 Å². The van der Waals surface area contributed by atoms with E-state index in [0.29, 0.717) is 5.88 Å². The van der Waals surface area contributed by atoms with Gasteiger partial charge in [0.05, 0.1) is 24.0 Å². The molecule has 154 valence electrons. The fraction of sp³-hybridized carbons (Fsp3) is 0.611. The number of amides is 2. The second-order valence-corrected chi connectivity index (χ2v) is 9.54. The summed E-state index contributed by atoms with van der Waals surface area (Å²) in [6.45, 7) is 1.73. The van der Waals surface area contributed by atoms with Crippen LogP contribution in [0.15, 0.2) is 18.3 Å². The minimum Gasteiger partial charge on any atom is -0.481 e. The first-order valence-corrected chi connectivity index (χ1v) is 11.0. The number of hydrogen-bond donors (Lipinski definition) is 2. The SMILES string of the molecule is CCS(=O)(=O)N1CC(NC(=O)c2ccc(OC)nc2)C(=O)NC2(CCCC2)C1. The van der Waals surface area contributed by atoms with Crippen molar-refractivity contribution < 1.29 is 22.7 Å². The Kier molecular flexibility index (Phi) is 5.90. The van der Waals surface area contributed by atoms with E-state index in [9.17, 15) is 18.0 Å². The van der Waals surface area contributed by atoms with E-state index >= 15 is 0 Å². The molecular formula is C18H26N4O5S. The van der Waals surface area contributed by atoms with Crippen molar-refractivity contribution in [3.8, 4) is 5.88 Å². The highest BCUT2D eigenvalue weighted by Gasteiger charge is 2.45. The summed E-state index contributed by atoms with van der Waals surface area (Å²) in [5.41, 5.74) is -0.293. The van der Waals surface area contributed by atoms with Gasteiger partial charge < -0.3 is 15.4 Å². The van der Waals surface area contributed by atoms with Crippen LogP contribution in [0.2, 0.25) is 0 Å². The zero-order valence-corrected chi connectivity index (χ0v) is 16.9. The highest BCUT2D eigenvalue weighted by Crippen LogP contribution is 2.32. The van der Waals surface area contributed by atoms with Crippen LogP contribution in [-0.2, 0) is 14.8 Å². The van der Waals surface area contributed by atoms with Crippen LogP contribution in [0.25, 0.3) is 0 Å². The Hall–Kier alpha value is -2.20. The standard InChI is InChI=1S/C18H26N4O5S/c1-3-28(25,26)22-11-14(17(24)21-18(12-22)8-4-5-9-18)20-16(23)13-6-7-15(27-2)19-10-13/h6-7,10,14H,3-5,8-9,11-12H2,1-2H3,(H,20,23)(H,21,24). The molecule has 2 fully saturated rings. The molecule has 2 N–H and O–H groups in total. The molecular weight excluding hydrogens is 384 g/mol. The monoisotopic (exact) mass is 410 g/mol. The van der Waals surface area contributed by atoms with Gasteiger partial charge in [0.2, 0.25) is 21.8 Å². The first-order valence-electron chi connectivity index (χ1n) is 9.39. The minimum absolute atomic E-state index is 0.0552. The molecule has 1 aliphatic carbocycles. The van der Waals surface area contributed by atoms with Gasteiger partial charge in [0, 0.05) is 25.4 Å². The van der Waals surface area contributed by atoms with Gasteiger partial charge in [-0.25, -0.2) is 13.4 Å². The molecule has 28 heavy (non-hydrogen) atoms. The number of methoxy groups -OCH3 is 1. The van der Waals surface area contributed by atoms with E-state index in [-0.39, 0.29) is 30.3 Å². The molecule has 1 saturated carbocycles. The first kappa shape index (κ1) is 20.5. The fourth-order valence-corrected chi connectivity index (χ4v) is 4.98. The lowest BCUT2D eigenvalue weighted by atomic mass is 9.98. The van der Waals surface area contributed by atoms with Gasteiger partial charge in [0.15, 0.2) is 0 Å². The predicted octanol–water partition coefficient (Wildman–Crippen LogP) is 0.283. The zero-order chi connectivity index (χ0) is 20.4. The lowest BCUT2D eigenvalue weighted by Crippen LogP contribution is -2.54. The Balaban J connectivity index is 1.82. The lowest BCUT2D eigenvalue weighted by molar-refractivity contribution is -0.124. The number of sulfonamides is 1. The van der Waals surface area contributed by atoms with E-state index in [4.69, 9.17) is 4.74 Å². The molecule has 1 aliphatic heterocycles. The molecule has 1 aromatic rings. The van der Waals surface area contributed by atoms with Crippen LogP contribution in [0.4, 0.5) is 0 Å². The van der Waals surface area contributed by atoms with Gasteiger partial charge in [-0.2, -0.15) is 4.31 Å². The molecule has 0 radical (unpaired) electrons. The molecule has 2 amide bonds. The summed E-state index contributed by atoms with van der Waals surface area (Å²) in [7, 11) is -2.04. The molecule has 1 atom stereocenters. The smallest absolute Gasteiger partial charge is 0.253 e. The summed E-state index contributed by atoms with van der Waals surface area (Å²) in [4.78, 5) is 29.4. The normalized spacial score (nSPS) is 22.5. The van der Waals surface area contributed by atoms with E-state index in [1.54, 1.807) is 13.0 Å². The number of rotatable bonds is 5. The maximum absolute atomic E-state index is 12.8. The molecule has 1 unspecified atom stereocenters.